The van der Waals surface area contributed by atoms with Gasteiger partial charge in [0.05, 0.1) is 0 Å². The number of carbonyl (C=O) groups is 1. The van der Waals surface area contributed by atoms with Gasteiger partial charge in [-0.2, -0.15) is 8.78 Å². The Bertz CT molecular complexity index is 373. The number of halogens is 3. The van der Waals surface area contributed by atoms with E-state index in [0.717, 1.165) is 6.07 Å². The van der Waals surface area contributed by atoms with Gasteiger partial charge in [-0.15, -0.1) is 0 Å². The van der Waals surface area contributed by atoms with E-state index in [0.29, 0.717) is 0 Å². The number of hydrogen-bond acceptors (Lipinski definition) is 3. The molecule has 0 spiro atoms. The lowest BCUT2D eigenvalue weighted by Gasteiger charge is -2.15. The highest BCUT2D eigenvalue weighted by molar-refractivity contribution is 6.30. The monoisotopic (exact) mass is 236 g/mol. The van der Waals surface area contributed by atoms with Crippen molar-refractivity contribution in [2.24, 2.45) is 5.84 Å². The fourth-order valence-corrected chi connectivity index (χ4v) is 0.989. The second kappa shape index (κ2) is 4.41. The number of hydrogen-bond donors (Lipinski definition) is 2. The van der Waals surface area contributed by atoms with E-state index in [4.69, 9.17) is 11.6 Å². The van der Waals surface area contributed by atoms with Gasteiger partial charge in [0.15, 0.2) is 0 Å². The second-order valence-corrected chi connectivity index (χ2v) is 2.99. The number of alkyl halides is 2. The van der Waals surface area contributed by atoms with Crippen LogP contribution in [-0.2, 0) is 4.79 Å². The molecular formula is C8H7ClF2N2O2. The van der Waals surface area contributed by atoms with Crippen LogP contribution in [0.25, 0.3) is 0 Å². The average molecular weight is 237 g/mol. The van der Waals surface area contributed by atoms with E-state index in [-0.39, 0.29) is 10.8 Å². The number of rotatable bonds is 3. The van der Waals surface area contributed by atoms with Gasteiger partial charge >= 0.3 is 12.0 Å². The molecule has 0 unspecified atom stereocenters. The van der Waals surface area contributed by atoms with E-state index in [1.807, 2.05) is 0 Å². The third-order valence-electron chi connectivity index (χ3n) is 1.44. The highest BCUT2D eigenvalue weighted by Gasteiger charge is 2.41. The maximum absolute atomic E-state index is 12.9. The molecule has 1 aromatic carbocycles. The normalized spacial score (nSPS) is 10.9. The summed E-state index contributed by atoms with van der Waals surface area (Å²) in [5, 5.41) is 0.219. The topological polar surface area (TPSA) is 64.3 Å². The van der Waals surface area contributed by atoms with E-state index in [1.165, 1.54) is 23.6 Å². The molecule has 0 radical (unpaired) electrons. The standard InChI is InChI=1S/C8H7ClF2N2O2/c9-5-2-1-3-6(4-5)15-8(10,11)7(14)13-12/h1-4H,12H2,(H,13,14). The van der Waals surface area contributed by atoms with Gasteiger partial charge < -0.3 is 4.74 Å². The van der Waals surface area contributed by atoms with Gasteiger partial charge in [-0.25, -0.2) is 5.84 Å². The number of carbonyl (C=O) groups excluding carboxylic acids is 1. The van der Waals surface area contributed by atoms with Crippen molar-refractivity contribution in [1.82, 2.24) is 5.43 Å². The predicted octanol–water partition coefficient (Wildman–Crippen LogP) is 1.30. The average Bonchev–Trinajstić information content (AvgIpc) is 2.15. The van der Waals surface area contributed by atoms with Crippen molar-refractivity contribution >= 4 is 17.5 Å². The van der Waals surface area contributed by atoms with Crippen molar-refractivity contribution in [3.63, 3.8) is 0 Å². The zero-order valence-electron chi connectivity index (χ0n) is 7.34. The molecule has 82 valence electrons. The minimum absolute atomic E-state index is 0.219. The van der Waals surface area contributed by atoms with E-state index in [2.05, 4.69) is 10.6 Å². The Kier molecular flexibility index (Phi) is 3.43. The van der Waals surface area contributed by atoms with Crippen LogP contribution >= 0.6 is 11.6 Å². The Labute approximate surface area is 88.9 Å². The van der Waals surface area contributed by atoms with E-state index in [9.17, 15) is 13.6 Å². The summed E-state index contributed by atoms with van der Waals surface area (Å²) >= 11 is 5.54. The fraction of sp³-hybridized carbons (Fsp3) is 0.125. The quantitative estimate of drug-likeness (QED) is 0.472. The summed E-state index contributed by atoms with van der Waals surface area (Å²) < 4.78 is 29.9. The molecule has 3 N–H and O–H groups in total. The lowest BCUT2D eigenvalue weighted by molar-refractivity contribution is -0.192. The summed E-state index contributed by atoms with van der Waals surface area (Å²) in [6.45, 7) is 0. The lowest BCUT2D eigenvalue weighted by Crippen LogP contribution is -2.47. The molecule has 0 bridgehead atoms. The predicted molar refractivity (Wildman–Crippen MR) is 49.4 cm³/mol. The lowest BCUT2D eigenvalue weighted by atomic mass is 10.3. The zero-order valence-corrected chi connectivity index (χ0v) is 8.09. The van der Waals surface area contributed by atoms with Gasteiger partial charge in [0.1, 0.15) is 5.75 Å². The summed E-state index contributed by atoms with van der Waals surface area (Å²) in [6, 6.07) is 5.28. The van der Waals surface area contributed by atoms with E-state index in [1.54, 1.807) is 0 Å². The molecule has 0 saturated heterocycles. The summed E-state index contributed by atoms with van der Waals surface area (Å²) in [6.07, 6.45) is -4.03. The Morgan fingerprint density at radius 2 is 2.20 bits per heavy atom. The van der Waals surface area contributed by atoms with E-state index >= 15 is 0 Å². The van der Waals surface area contributed by atoms with Gasteiger partial charge in [0.2, 0.25) is 0 Å². The first kappa shape index (κ1) is 11.7. The van der Waals surface area contributed by atoms with Crippen LogP contribution < -0.4 is 16.0 Å². The van der Waals surface area contributed by atoms with Crippen LogP contribution in [0.15, 0.2) is 24.3 Å². The van der Waals surface area contributed by atoms with Gasteiger partial charge in [0.25, 0.3) is 0 Å². The number of ether oxygens (including phenoxy) is 1. The van der Waals surface area contributed by atoms with Crippen LogP contribution in [0, 0.1) is 0 Å². The first-order chi connectivity index (χ1) is 6.95. The molecule has 7 heteroatoms. The molecule has 0 aliphatic heterocycles. The van der Waals surface area contributed by atoms with Gasteiger partial charge in [-0.1, -0.05) is 17.7 Å². The minimum Gasteiger partial charge on any atom is -0.425 e. The van der Waals surface area contributed by atoms with Gasteiger partial charge in [-0.3, -0.25) is 10.2 Å². The minimum atomic E-state index is -4.03. The molecule has 0 atom stereocenters. The smallest absolute Gasteiger partial charge is 0.425 e. The summed E-state index contributed by atoms with van der Waals surface area (Å²) in [5.41, 5.74) is 1.29. The summed E-state index contributed by atoms with van der Waals surface area (Å²) in [7, 11) is 0. The Hall–Kier alpha value is -1.40. The molecule has 0 saturated carbocycles. The number of amides is 1. The van der Waals surface area contributed by atoms with Crippen LogP contribution in [0.2, 0.25) is 5.02 Å². The second-order valence-electron chi connectivity index (χ2n) is 2.55. The zero-order chi connectivity index (χ0) is 11.5. The van der Waals surface area contributed by atoms with Crippen molar-refractivity contribution in [1.29, 1.82) is 0 Å². The van der Waals surface area contributed by atoms with Crippen molar-refractivity contribution < 1.29 is 18.3 Å². The first-order valence-corrected chi connectivity index (χ1v) is 4.17. The Balaban J connectivity index is 2.81. The molecule has 0 aliphatic rings. The third kappa shape index (κ3) is 3.03. The van der Waals surface area contributed by atoms with Crippen molar-refractivity contribution in [3.05, 3.63) is 29.3 Å². The molecule has 0 aliphatic carbocycles. The maximum atomic E-state index is 12.9. The van der Waals surface area contributed by atoms with Crippen LogP contribution in [-0.4, -0.2) is 12.0 Å². The number of nitrogens with two attached hydrogens (primary N) is 1. The van der Waals surface area contributed by atoms with Crippen LogP contribution in [0.4, 0.5) is 8.78 Å². The van der Waals surface area contributed by atoms with Crippen molar-refractivity contribution in [2.45, 2.75) is 6.11 Å². The highest BCUT2D eigenvalue weighted by Crippen LogP contribution is 2.24. The number of benzene rings is 1. The SMILES string of the molecule is NNC(=O)C(F)(F)Oc1cccc(Cl)c1. The third-order valence-corrected chi connectivity index (χ3v) is 1.67. The molecule has 1 rings (SSSR count). The van der Waals surface area contributed by atoms with E-state index < -0.39 is 12.0 Å². The van der Waals surface area contributed by atoms with Crippen molar-refractivity contribution in [2.75, 3.05) is 0 Å². The molecule has 4 nitrogen and oxygen atoms in total. The maximum Gasteiger partial charge on any atom is 0.483 e. The van der Waals surface area contributed by atoms with Gasteiger partial charge in [-0.05, 0) is 18.2 Å². The largest absolute Gasteiger partial charge is 0.483 e. The van der Waals surface area contributed by atoms with Crippen LogP contribution in [0.3, 0.4) is 0 Å². The summed E-state index contributed by atoms with van der Waals surface area (Å²) in [4.78, 5) is 10.6. The number of nitrogens with one attached hydrogen (secondary N) is 1. The van der Waals surface area contributed by atoms with Crippen molar-refractivity contribution in [3.8, 4) is 5.75 Å². The van der Waals surface area contributed by atoms with Crippen LogP contribution in [0.5, 0.6) is 5.75 Å². The number of hydrazine groups is 1. The molecule has 0 aromatic heterocycles. The molecule has 1 aromatic rings. The first-order valence-electron chi connectivity index (χ1n) is 3.79. The highest BCUT2D eigenvalue weighted by atomic mass is 35.5. The van der Waals surface area contributed by atoms with Gasteiger partial charge in [0, 0.05) is 5.02 Å². The molecular weight excluding hydrogens is 230 g/mol. The van der Waals surface area contributed by atoms with Crippen LogP contribution in [0.1, 0.15) is 0 Å². The molecule has 0 fully saturated rings. The Morgan fingerprint density at radius 3 is 2.73 bits per heavy atom. The Morgan fingerprint density at radius 1 is 1.53 bits per heavy atom. The molecule has 15 heavy (non-hydrogen) atoms. The summed E-state index contributed by atoms with van der Waals surface area (Å²) in [5.74, 6) is 2.60. The fourth-order valence-electron chi connectivity index (χ4n) is 0.809. The molecule has 1 amide bonds. The molecule has 0 heterocycles.